The van der Waals surface area contributed by atoms with Gasteiger partial charge in [0, 0.05) is 30.5 Å². The maximum atomic E-state index is 12.3. The molecule has 1 atom stereocenters. The summed E-state index contributed by atoms with van der Waals surface area (Å²) < 4.78 is 27.4. The van der Waals surface area contributed by atoms with Crippen molar-refractivity contribution in [2.45, 2.75) is 63.6 Å². The molecule has 0 bridgehead atoms. The molecule has 0 spiro atoms. The lowest BCUT2D eigenvalue weighted by molar-refractivity contribution is 0.437. The van der Waals surface area contributed by atoms with Gasteiger partial charge in [0.25, 0.3) is 0 Å². The monoisotopic (exact) mass is 299 g/mol. The zero-order chi connectivity index (χ0) is 14.8. The van der Waals surface area contributed by atoms with Crippen molar-refractivity contribution in [3.8, 4) is 0 Å². The Balaban J connectivity index is 2.00. The molecule has 1 aliphatic carbocycles. The minimum absolute atomic E-state index is 0.0251. The molecule has 0 aromatic carbocycles. The van der Waals surface area contributed by atoms with E-state index in [2.05, 4.69) is 15.0 Å². The summed E-state index contributed by atoms with van der Waals surface area (Å²) in [5.41, 5.74) is 0.912. The lowest BCUT2D eigenvalue weighted by Gasteiger charge is -2.20. The molecule has 1 heterocycles. The van der Waals surface area contributed by atoms with Crippen molar-refractivity contribution in [3.05, 3.63) is 18.0 Å². The molecule has 114 valence electrons. The molecule has 1 fully saturated rings. The Morgan fingerprint density at radius 2 is 2.10 bits per heavy atom. The van der Waals surface area contributed by atoms with Gasteiger partial charge in [-0.15, -0.1) is 0 Å². The normalized spacial score (nSPS) is 17.6. The van der Waals surface area contributed by atoms with Gasteiger partial charge >= 0.3 is 0 Å². The van der Waals surface area contributed by atoms with Crippen molar-refractivity contribution < 1.29 is 8.42 Å². The minimum Gasteiger partial charge on any atom is -0.363 e. The Labute approximate surface area is 121 Å². The summed E-state index contributed by atoms with van der Waals surface area (Å²) in [5, 5.41) is 3.36. The van der Waals surface area contributed by atoms with Crippen LogP contribution in [0.2, 0.25) is 0 Å². The summed E-state index contributed by atoms with van der Waals surface area (Å²) >= 11 is 0. The van der Waals surface area contributed by atoms with Crippen molar-refractivity contribution in [2.24, 2.45) is 5.92 Å². The lowest BCUT2D eigenvalue weighted by Crippen LogP contribution is -2.37. The third-order valence-corrected chi connectivity index (χ3v) is 5.21. The van der Waals surface area contributed by atoms with E-state index in [0.29, 0.717) is 17.5 Å². The Bertz CT molecular complexity index is 532. The van der Waals surface area contributed by atoms with Gasteiger partial charge in [-0.3, -0.25) is 0 Å². The van der Waals surface area contributed by atoms with Crippen LogP contribution in [-0.4, -0.2) is 25.5 Å². The number of H-pyrrole nitrogens is 1. The van der Waals surface area contributed by atoms with E-state index >= 15 is 0 Å². The summed E-state index contributed by atoms with van der Waals surface area (Å²) in [7, 11) is -3.43. The van der Waals surface area contributed by atoms with Gasteiger partial charge in [0.05, 0.1) is 4.90 Å². The lowest BCUT2D eigenvalue weighted by atomic mass is 10.0. The van der Waals surface area contributed by atoms with Crippen LogP contribution in [0.15, 0.2) is 17.2 Å². The number of sulfonamides is 1. The van der Waals surface area contributed by atoms with E-state index in [1.165, 1.54) is 12.8 Å². The molecule has 20 heavy (non-hydrogen) atoms. The fourth-order valence-electron chi connectivity index (χ4n) is 2.18. The van der Waals surface area contributed by atoms with Crippen molar-refractivity contribution >= 4 is 10.0 Å². The van der Waals surface area contributed by atoms with Gasteiger partial charge in [-0.1, -0.05) is 20.8 Å². The zero-order valence-electron chi connectivity index (χ0n) is 12.4. The van der Waals surface area contributed by atoms with Gasteiger partial charge in [0.2, 0.25) is 10.0 Å². The molecule has 2 rings (SSSR count). The van der Waals surface area contributed by atoms with Gasteiger partial charge in [0.1, 0.15) is 0 Å². The molecule has 3 N–H and O–H groups in total. The Hall–Kier alpha value is -0.850. The van der Waals surface area contributed by atoms with Gasteiger partial charge in [-0.05, 0) is 31.2 Å². The maximum Gasteiger partial charge on any atom is 0.242 e. The van der Waals surface area contributed by atoms with Gasteiger partial charge in [0.15, 0.2) is 0 Å². The second-order valence-electron chi connectivity index (χ2n) is 5.90. The van der Waals surface area contributed by atoms with Crippen LogP contribution < -0.4 is 10.0 Å². The van der Waals surface area contributed by atoms with E-state index in [4.69, 9.17) is 0 Å². The first-order valence-electron chi connectivity index (χ1n) is 7.35. The van der Waals surface area contributed by atoms with Crippen LogP contribution in [0.5, 0.6) is 0 Å². The van der Waals surface area contributed by atoms with E-state index in [0.717, 1.165) is 12.1 Å². The molecule has 6 heteroatoms. The number of aromatic nitrogens is 1. The number of rotatable bonds is 8. The number of nitrogens with one attached hydrogen (secondary N) is 3. The summed E-state index contributed by atoms with van der Waals surface area (Å²) in [6.45, 7) is 6.74. The molecule has 1 unspecified atom stereocenters. The standard InChI is InChI=1S/C14H25N3O2S/c1-4-14(10(2)3)17-20(18,19)13-7-12(16-9-13)8-15-11-5-6-11/h7,9-11,14-17H,4-6,8H2,1-3H3. The number of hydrogen-bond acceptors (Lipinski definition) is 3. The largest absolute Gasteiger partial charge is 0.363 e. The van der Waals surface area contributed by atoms with Crippen molar-refractivity contribution in [3.63, 3.8) is 0 Å². The van der Waals surface area contributed by atoms with Crippen molar-refractivity contribution in [2.75, 3.05) is 0 Å². The van der Waals surface area contributed by atoms with Crippen LogP contribution in [0.25, 0.3) is 0 Å². The second-order valence-corrected chi connectivity index (χ2v) is 7.61. The quantitative estimate of drug-likeness (QED) is 0.687. The van der Waals surface area contributed by atoms with Gasteiger partial charge < -0.3 is 10.3 Å². The molecule has 1 saturated carbocycles. The predicted molar refractivity (Wildman–Crippen MR) is 79.9 cm³/mol. The number of hydrogen-bond donors (Lipinski definition) is 3. The molecular formula is C14H25N3O2S. The third kappa shape index (κ3) is 4.07. The summed E-state index contributed by atoms with van der Waals surface area (Å²) in [6, 6.07) is 2.30. The molecule has 0 saturated heterocycles. The van der Waals surface area contributed by atoms with Crippen LogP contribution in [0.4, 0.5) is 0 Å². The average Bonchev–Trinajstić information content (AvgIpc) is 3.09. The van der Waals surface area contributed by atoms with Crippen molar-refractivity contribution in [1.82, 2.24) is 15.0 Å². The fraction of sp³-hybridized carbons (Fsp3) is 0.714. The topological polar surface area (TPSA) is 74.0 Å². The first-order valence-corrected chi connectivity index (χ1v) is 8.83. The van der Waals surface area contributed by atoms with Crippen LogP contribution in [0.3, 0.4) is 0 Å². The first kappa shape index (κ1) is 15.5. The Kier molecular flexibility index (Phi) is 4.88. The van der Waals surface area contributed by atoms with E-state index in [-0.39, 0.29) is 12.0 Å². The SMILES string of the molecule is CCC(NS(=O)(=O)c1c[nH]c(CNC2CC2)c1)C(C)C. The summed E-state index contributed by atoms with van der Waals surface area (Å²) in [6.07, 6.45) is 4.80. The average molecular weight is 299 g/mol. The number of aromatic amines is 1. The molecule has 1 aliphatic rings. The molecule has 1 aromatic rings. The van der Waals surface area contributed by atoms with Crippen LogP contribution in [-0.2, 0) is 16.6 Å². The molecule has 1 aromatic heterocycles. The van der Waals surface area contributed by atoms with Gasteiger partial charge in [-0.25, -0.2) is 13.1 Å². The third-order valence-electron chi connectivity index (χ3n) is 3.74. The predicted octanol–water partition coefficient (Wildman–Crippen LogP) is 1.98. The van der Waals surface area contributed by atoms with E-state index < -0.39 is 10.0 Å². The summed E-state index contributed by atoms with van der Waals surface area (Å²) in [4.78, 5) is 3.36. The van der Waals surface area contributed by atoms with Crippen molar-refractivity contribution in [1.29, 1.82) is 0 Å². The fourth-order valence-corrected chi connectivity index (χ4v) is 3.66. The second kappa shape index (κ2) is 6.28. The van der Waals surface area contributed by atoms with E-state index in [9.17, 15) is 8.42 Å². The highest BCUT2D eigenvalue weighted by atomic mass is 32.2. The van der Waals surface area contributed by atoms with E-state index in [1.807, 2.05) is 20.8 Å². The zero-order valence-corrected chi connectivity index (χ0v) is 13.3. The molecule has 0 amide bonds. The van der Waals surface area contributed by atoms with Crippen LogP contribution >= 0.6 is 0 Å². The Morgan fingerprint density at radius 1 is 1.40 bits per heavy atom. The molecular weight excluding hydrogens is 274 g/mol. The van der Waals surface area contributed by atoms with Crippen LogP contribution in [0.1, 0.15) is 45.7 Å². The first-order chi connectivity index (χ1) is 9.42. The minimum atomic E-state index is -3.43. The highest BCUT2D eigenvalue weighted by molar-refractivity contribution is 7.89. The molecule has 0 aliphatic heterocycles. The molecule has 5 nitrogen and oxygen atoms in total. The molecule has 0 radical (unpaired) electrons. The van der Waals surface area contributed by atoms with Crippen LogP contribution in [0, 0.1) is 5.92 Å². The summed E-state index contributed by atoms with van der Waals surface area (Å²) in [5.74, 6) is 0.282. The highest BCUT2D eigenvalue weighted by Crippen LogP contribution is 2.20. The van der Waals surface area contributed by atoms with E-state index in [1.54, 1.807) is 12.3 Å². The smallest absolute Gasteiger partial charge is 0.242 e. The van der Waals surface area contributed by atoms with Gasteiger partial charge in [-0.2, -0.15) is 0 Å². The Morgan fingerprint density at radius 3 is 2.65 bits per heavy atom. The maximum absolute atomic E-state index is 12.3. The highest BCUT2D eigenvalue weighted by Gasteiger charge is 2.23.